The van der Waals surface area contributed by atoms with Gasteiger partial charge in [0, 0.05) is 24.6 Å². The molecular weight excluding hydrogens is 675 g/mol. The standard InChI is InChI=1S/C46H51N3O5/c1-3-5-6-7-8-31(4-2)44(33-9-16-38(50)17-10-33)34-11-18-39(19-12-34)54-40-20-14-37(15-21-40)48-27-25-32(26-28-48)35-13-22-41-36(29-35)30-49(46(41)53)42-23-24-43(51)47-45(42)52/h3,5-13,16-19,22,29,32,37,40,42,50H,1,4,14-15,20-21,23-28,30H2,2H3,(H,47,51,52)/b6-5-,8-7+,44-31-. The molecule has 0 bridgehead atoms. The molecule has 1 saturated carbocycles. The van der Waals surface area contributed by atoms with Crippen LogP contribution in [-0.4, -0.2) is 63.9 Å². The van der Waals surface area contributed by atoms with Crippen LogP contribution in [0.3, 0.4) is 0 Å². The summed E-state index contributed by atoms with van der Waals surface area (Å²) in [6, 6.07) is 22.1. The highest BCUT2D eigenvalue weighted by atomic mass is 16.5. The van der Waals surface area contributed by atoms with Crippen molar-refractivity contribution in [2.45, 2.75) is 95.4 Å². The predicted molar refractivity (Wildman–Crippen MR) is 212 cm³/mol. The molecule has 8 heteroatoms. The zero-order chi connectivity index (χ0) is 37.6. The first-order valence-corrected chi connectivity index (χ1v) is 19.6. The molecule has 3 fully saturated rings. The number of nitrogens with one attached hydrogen (secondary N) is 1. The van der Waals surface area contributed by atoms with Crippen molar-refractivity contribution >= 4 is 23.3 Å². The number of ether oxygens (including phenoxy) is 1. The molecule has 1 atom stereocenters. The first-order chi connectivity index (χ1) is 26.3. The maximum atomic E-state index is 13.2. The highest BCUT2D eigenvalue weighted by Crippen LogP contribution is 2.37. The van der Waals surface area contributed by atoms with E-state index in [2.05, 4.69) is 66.2 Å². The number of allylic oxidation sites excluding steroid dienone is 6. The summed E-state index contributed by atoms with van der Waals surface area (Å²) < 4.78 is 6.54. The van der Waals surface area contributed by atoms with Crippen LogP contribution in [0.5, 0.6) is 11.5 Å². The summed E-state index contributed by atoms with van der Waals surface area (Å²) in [4.78, 5) is 41.6. The molecule has 1 aliphatic carbocycles. The van der Waals surface area contributed by atoms with E-state index in [1.54, 1.807) is 23.1 Å². The van der Waals surface area contributed by atoms with Gasteiger partial charge in [-0.25, -0.2) is 0 Å². The lowest BCUT2D eigenvalue weighted by Crippen LogP contribution is -2.52. The van der Waals surface area contributed by atoms with E-state index >= 15 is 0 Å². The number of phenols is 1. The molecule has 3 aromatic rings. The maximum Gasteiger partial charge on any atom is 0.255 e. The quantitative estimate of drug-likeness (QED) is 0.153. The highest BCUT2D eigenvalue weighted by molar-refractivity contribution is 6.05. The fourth-order valence-electron chi connectivity index (χ4n) is 8.73. The van der Waals surface area contributed by atoms with Gasteiger partial charge in [0.1, 0.15) is 17.5 Å². The van der Waals surface area contributed by atoms with Crippen LogP contribution >= 0.6 is 0 Å². The molecule has 7 rings (SSSR count). The number of likely N-dealkylation sites (tertiary alicyclic amines) is 1. The number of phenolic OH excluding ortho intramolecular Hbond substituents is 1. The number of hydrogen-bond acceptors (Lipinski definition) is 6. The molecule has 2 saturated heterocycles. The van der Waals surface area contributed by atoms with Gasteiger partial charge in [0.05, 0.1) is 6.10 Å². The first-order valence-electron chi connectivity index (χ1n) is 19.6. The molecule has 3 aromatic carbocycles. The molecule has 280 valence electrons. The summed E-state index contributed by atoms with van der Waals surface area (Å²) in [6.07, 6.45) is 18.1. The average molecular weight is 726 g/mol. The average Bonchev–Trinajstić information content (AvgIpc) is 3.52. The SMILES string of the molecule is C=C\C=C/C=C/C(CC)=C(/c1ccc(O)cc1)c1ccc(OC2CCC(N3CCC(c4ccc5c(c4)CN(C4CCC(=O)NC4=O)C5=O)CC3)CC2)cc1. The predicted octanol–water partition coefficient (Wildman–Crippen LogP) is 8.23. The number of rotatable bonds is 11. The summed E-state index contributed by atoms with van der Waals surface area (Å²) in [5.74, 6) is 0.851. The number of aromatic hydroxyl groups is 1. The number of benzene rings is 3. The molecule has 54 heavy (non-hydrogen) atoms. The van der Waals surface area contributed by atoms with Crippen molar-refractivity contribution in [2.75, 3.05) is 13.1 Å². The van der Waals surface area contributed by atoms with E-state index in [9.17, 15) is 19.5 Å². The van der Waals surface area contributed by atoms with Gasteiger partial charge in [-0.1, -0.05) is 80.3 Å². The number of nitrogens with zero attached hydrogens (tertiary/aromatic N) is 2. The Morgan fingerprint density at radius 3 is 2.24 bits per heavy atom. The summed E-state index contributed by atoms with van der Waals surface area (Å²) in [5.41, 5.74) is 7.45. The van der Waals surface area contributed by atoms with Crippen LogP contribution in [0.2, 0.25) is 0 Å². The maximum absolute atomic E-state index is 13.2. The van der Waals surface area contributed by atoms with Crippen molar-refractivity contribution in [3.63, 3.8) is 0 Å². The lowest BCUT2D eigenvalue weighted by atomic mass is 9.85. The van der Waals surface area contributed by atoms with Crippen LogP contribution in [0.1, 0.15) is 103 Å². The number of carbonyl (C=O) groups is 3. The fraction of sp³-hybridized carbons (Fsp3) is 0.370. The zero-order valence-electron chi connectivity index (χ0n) is 31.2. The van der Waals surface area contributed by atoms with Gasteiger partial charge in [-0.15, -0.1) is 0 Å². The van der Waals surface area contributed by atoms with E-state index in [-0.39, 0.29) is 36.0 Å². The number of fused-ring (bicyclic) bond motifs is 1. The van der Waals surface area contributed by atoms with Crippen molar-refractivity contribution in [1.29, 1.82) is 0 Å². The number of imide groups is 1. The summed E-state index contributed by atoms with van der Waals surface area (Å²) >= 11 is 0. The highest BCUT2D eigenvalue weighted by Gasteiger charge is 2.39. The van der Waals surface area contributed by atoms with Crippen LogP contribution in [0.15, 0.2) is 109 Å². The van der Waals surface area contributed by atoms with Gasteiger partial charge in [0.25, 0.3) is 5.91 Å². The monoisotopic (exact) mass is 725 g/mol. The molecule has 4 aliphatic rings. The molecule has 8 nitrogen and oxygen atoms in total. The van der Waals surface area contributed by atoms with Crippen molar-refractivity contribution < 1.29 is 24.2 Å². The van der Waals surface area contributed by atoms with Gasteiger partial charge in [-0.2, -0.15) is 0 Å². The summed E-state index contributed by atoms with van der Waals surface area (Å²) in [7, 11) is 0. The van der Waals surface area contributed by atoms with Crippen LogP contribution in [0.25, 0.3) is 5.57 Å². The Hall–Kier alpha value is -5.21. The van der Waals surface area contributed by atoms with Gasteiger partial charge < -0.3 is 19.6 Å². The third-order valence-corrected chi connectivity index (χ3v) is 11.7. The largest absolute Gasteiger partial charge is 0.508 e. The number of amides is 3. The topological polar surface area (TPSA) is 99.2 Å². The molecule has 0 spiro atoms. The number of piperidine rings is 2. The second kappa shape index (κ2) is 16.9. The van der Waals surface area contributed by atoms with E-state index in [0.717, 1.165) is 86.0 Å². The Bertz CT molecular complexity index is 1940. The second-order valence-electron chi connectivity index (χ2n) is 15.0. The van der Waals surface area contributed by atoms with E-state index in [1.165, 1.54) is 11.1 Å². The molecule has 3 aliphatic heterocycles. The molecule has 3 heterocycles. The molecule has 1 unspecified atom stereocenters. The first kappa shape index (κ1) is 37.1. The van der Waals surface area contributed by atoms with E-state index in [0.29, 0.717) is 30.5 Å². The van der Waals surface area contributed by atoms with Gasteiger partial charge in [0.15, 0.2) is 0 Å². The minimum atomic E-state index is -0.582. The molecular formula is C46H51N3O5. The molecule has 3 amide bonds. The van der Waals surface area contributed by atoms with Crippen molar-refractivity contribution in [3.8, 4) is 11.5 Å². The Balaban J connectivity index is 0.916. The lowest BCUT2D eigenvalue weighted by molar-refractivity contribution is -0.136. The Labute approximate surface area is 318 Å². The fourth-order valence-corrected chi connectivity index (χ4v) is 8.73. The second-order valence-corrected chi connectivity index (χ2v) is 15.0. The van der Waals surface area contributed by atoms with Crippen LogP contribution in [-0.2, 0) is 16.1 Å². The summed E-state index contributed by atoms with van der Waals surface area (Å²) in [5, 5.41) is 12.3. The molecule has 2 N–H and O–H groups in total. The smallest absolute Gasteiger partial charge is 0.255 e. The van der Waals surface area contributed by atoms with Gasteiger partial charge in [0.2, 0.25) is 11.8 Å². The lowest BCUT2D eigenvalue weighted by Gasteiger charge is -2.41. The third kappa shape index (κ3) is 8.29. The zero-order valence-corrected chi connectivity index (χ0v) is 31.2. The number of hydrogen-bond donors (Lipinski definition) is 2. The van der Waals surface area contributed by atoms with Crippen LogP contribution in [0.4, 0.5) is 0 Å². The van der Waals surface area contributed by atoms with E-state index in [4.69, 9.17) is 4.74 Å². The van der Waals surface area contributed by atoms with Gasteiger partial charge in [-0.3, -0.25) is 19.7 Å². The third-order valence-electron chi connectivity index (χ3n) is 11.7. The van der Waals surface area contributed by atoms with Crippen LogP contribution < -0.4 is 10.1 Å². The Morgan fingerprint density at radius 2 is 1.57 bits per heavy atom. The van der Waals surface area contributed by atoms with Crippen LogP contribution in [0, 0.1) is 0 Å². The minimum Gasteiger partial charge on any atom is -0.508 e. The normalized spacial score (nSPS) is 23.1. The van der Waals surface area contributed by atoms with Gasteiger partial charge >= 0.3 is 0 Å². The Kier molecular flexibility index (Phi) is 11.6. The molecule has 0 aromatic heterocycles. The van der Waals surface area contributed by atoms with Crippen molar-refractivity contribution in [1.82, 2.24) is 15.1 Å². The number of carbonyl (C=O) groups excluding carboxylic acids is 3. The minimum absolute atomic E-state index is 0.114. The Morgan fingerprint density at radius 1 is 0.870 bits per heavy atom. The van der Waals surface area contributed by atoms with Gasteiger partial charge in [-0.05, 0) is 134 Å². The summed E-state index contributed by atoms with van der Waals surface area (Å²) in [6.45, 7) is 8.47. The van der Waals surface area contributed by atoms with E-state index < -0.39 is 6.04 Å². The molecule has 0 radical (unpaired) electrons. The van der Waals surface area contributed by atoms with Crippen molar-refractivity contribution in [2.24, 2.45) is 0 Å². The van der Waals surface area contributed by atoms with E-state index in [1.807, 2.05) is 36.4 Å². The van der Waals surface area contributed by atoms with Crippen molar-refractivity contribution in [3.05, 3.63) is 137 Å².